The lowest BCUT2D eigenvalue weighted by atomic mass is 10.1. The monoisotopic (exact) mass is 444 g/mol. The van der Waals surface area contributed by atoms with Crippen molar-refractivity contribution in [2.45, 2.75) is 109 Å². The van der Waals surface area contributed by atoms with Crippen LogP contribution in [0, 0.1) is 0 Å². The van der Waals surface area contributed by atoms with Crippen molar-refractivity contribution in [3.05, 3.63) is 24.8 Å². The molecule has 30 heavy (non-hydrogen) atoms. The number of quaternary nitrogens is 1. The SMILES string of the molecule is C=CCCCCCC=CCCCCCCCCCCOP(=O)(O)C(CC)[N+](C)(C)C. The van der Waals surface area contributed by atoms with Crippen LogP contribution in [-0.2, 0) is 9.09 Å². The van der Waals surface area contributed by atoms with E-state index < -0.39 is 7.60 Å². The molecule has 0 spiro atoms. The normalized spacial score (nSPS) is 15.4. The minimum absolute atomic E-state index is 0.352. The van der Waals surface area contributed by atoms with Crippen LogP contribution in [-0.4, -0.2) is 42.9 Å². The van der Waals surface area contributed by atoms with Gasteiger partial charge in [0.05, 0.1) is 27.7 Å². The molecule has 2 unspecified atom stereocenters. The van der Waals surface area contributed by atoms with Crippen molar-refractivity contribution in [3.63, 3.8) is 0 Å². The van der Waals surface area contributed by atoms with E-state index in [4.69, 9.17) is 4.52 Å². The molecular weight excluding hydrogens is 393 g/mol. The summed E-state index contributed by atoms with van der Waals surface area (Å²) < 4.78 is 18.3. The predicted molar refractivity (Wildman–Crippen MR) is 132 cm³/mol. The molecule has 2 atom stereocenters. The summed E-state index contributed by atoms with van der Waals surface area (Å²) in [4.78, 5) is 10.3. The van der Waals surface area contributed by atoms with E-state index in [0.717, 1.165) is 19.3 Å². The number of hydrogen-bond acceptors (Lipinski definition) is 2. The van der Waals surface area contributed by atoms with Gasteiger partial charge < -0.3 is 13.9 Å². The molecule has 0 rings (SSSR count). The van der Waals surface area contributed by atoms with Gasteiger partial charge in [0.25, 0.3) is 0 Å². The Hall–Kier alpha value is -0.410. The molecule has 0 amide bonds. The molecule has 0 fully saturated rings. The minimum atomic E-state index is -3.55. The molecule has 0 aromatic carbocycles. The van der Waals surface area contributed by atoms with Gasteiger partial charge >= 0.3 is 7.60 Å². The number of rotatable bonds is 21. The van der Waals surface area contributed by atoms with E-state index in [-0.39, 0.29) is 5.78 Å². The average molecular weight is 445 g/mol. The van der Waals surface area contributed by atoms with Crippen LogP contribution in [0.25, 0.3) is 0 Å². The smallest absolute Gasteiger partial charge is 0.320 e. The number of hydrogen-bond donors (Lipinski definition) is 1. The number of nitrogens with zero attached hydrogens (tertiary/aromatic N) is 1. The molecule has 0 aliphatic heterocycles. The van der Waals surface area contributed by atoms with Crippen LogP contribution in [0.5, 0.6) is 0 Å². The Balaban J connectivity index is 3.50. The molecule has 178 valence electrons. The highest BCUT2D eigenvalue weighted by Crippen LogP contribution is 2.51. The lowest BCUT2D eigenvalue weighted by Gasteiger charge is -2.35. The van der Waals surface area contributed by atoms with E-state index in [1.54, 1.807) is 0 Å². The highest BCUT2D eigenvalue weighted by atomic mass is 31.2. The Labute approximate surface area is 187 Å². The number of allylic oxidation sites excluding steroid dienone is 3. The molecule has 5 heteroatoms. The Bertz CT molecular complexity index is 485. The summed E-state index contributed by atoms with van der Waals surface area (Å²) in [7, 11) is 2.29. The first kappa shape index (κ1) is 29.6. The first-order chi connectivity index (χ1) is 14.3. The van der Waals surface area contributed by atoms with E-state index in [9.17, 15) is 9.46 Å². The third kappa shape index (κ3) is 16.3. The maximum Gasteiger partial charge on any atom is 0.385 e. The zero-order chi connectivity index (χ0) is 22.7. The summed E-state index contributed by atoms with van der Waals surface area (Å²) in [5.41, 5.74) is 0. The van der Waals surface area contributed by atoms with Gasteiger partial charge in [0, 0.05) is 6.42 Å². The van der Waals surface area contributed by atoms with Gasteiger partial charge in [0.1, 0.15) is 0 Å². The largest absolute Gasteiger partial charge is 0.385 e. The van der Waals surface area contributed by atoms with Gasteiger partial charge in [-0.25, -0.2) is 0 Å². The highest BCUT2D eigenvalue weighted by molar-refractivity contribution is 7.53. The van der Waals surface area contributed by atoms with E-state index in [1.807, 2.05) is 34.1 Å². The molecule has 0 aliphatic carbocycles. The van der Waals surface area contributed by atoms with Crippen LogP contribution in [0.4, 0.5) is 0 Å². The van der Waals surface area contributed by atoms with Crippen molar-refractivity contribution >= 4 is 7.60 Å². The Morgan fingerprint density at radius 3 is 1.73 bits per heavy atom. The van der Waals surface area contributed by atoms with Crippen molar-refractivity contribution in [3.8, 4) is 0 Å². The van der Waals surface area contributed by atoms with Gasteiger partial charge in [0.2, 0.25) is 0 Å². The molecule has 0 radical (unpaired) electrons. The fraction of sp³-hybridized carbons (Fsp3) is 0.840. The predicted octanol–water partition coefficient (Wildman–Crippen LogP) is 7.83. The lowest BCUT2D eigenvalue weighted by molar-refractivity contribution is -0.883. The summed E-state index contributed by atoms with van der Waals surface area (Å²) in [5.74, 6) is -0.352. The van der Waals surface area contributed by atoms with E-state index in [2.05, 4.69) is 18.7 Å². The number of unbranched alkanes of at least 4 members (excludes halogenated alkanes) is 12. The van der Waals surface area contributed by atoms with Crippen LogP contribution < -0.4 is 0 Å². The highest BCUT2D eigenvalue weighted by Gasteiger charge is 2.41. The molecule has 4 nitrogen and oxygen atoms in total. The summed E-state index contributed by atoms with van der Waals surface area (Å²) in [5, 5.41) is 0. The van der Waals surface area contributed by atoms with Crippen LogP contribution in [0.3, 0.4) is 0 Å². The quantitative estimate of drug-likeness (QED) is 0.0849. The first-order valence-corrected chi connectivity index (χ1v) is 13.9. The molecule has 0 bridgehead atoms. The van der Waals surface area contributed by atoms with Crippen LogP contribution in [0.1, 0.15) is 103 Å². The fourth-order valence-electron chi connectivity index (χ4n) is 3.89. The van der Waals surface area contributed by atoms with Gasteiger partial charge in [0.15, 0.2) is 5.78 Å². The van der Waals surface area contributed by atoms with Crippen molar-refractivity contribution in [1.82, 2.24) is 0 Å². The third-order valence-electron chi connectivity index (χ3n) is 5.62. The van der Waals surface area contributed by atoms with Gasteiger partial charge in [-0.05, 0) is 44.9 Å². The zero-order valence-electron chi connectivity index (χ0n) is 20.5. The second-order valence-corrected chi connectivity index (χ2v) is 11.4. The zero-order valence-corrected chi connectivity index (χ0v) is 21.4. The molecule has 0 aromatic heterocycles. The molecule has 1 N–H and O–H groups in total. The average Bonchev–Trinajstić information content (AvgIpc) is 2.66. The minimum Gasteiger partial charge on any atom is -0.320 e. The second kappa shape index (κ2) is 18.2. The maximum absolute atomic E-state index is 12.5. The molecule has 0 aromatic rings. The standard InChI is InChI=1S/C25H50NO3P/c1-6-8-9-10-11-12-13-14-15-16-17-18-19-20-21-22-23-24-29-30(27,28)25(7-2)26(3,4)5/h6,13-14,25H,1,7-12,15-24H2,2-5H3/p+1. The van der Waals surface area contributed by atoms with Crippen LogP contribution in [0.2, 0.25) is 0 Å². The van der Waals surface area contributed by atoms with Gasteiger partial charge in [-0.3, -0.25) is 4.57 Å². The maximum atomic E-state index is 12.5. The van der Waals surface area contributed by atoms with Crippen molar-refractivity contribution in [1.29, 1.82) is 0 Å². The Morgan fingerprint density at radius 1 is 0.833 bits per heavy atom. The van der Waals surface area contributed by atoms with E-state index in [1.165, 1.54) is 70.6 Å². The van der Waals surface area contributed by atoms with Crippen molar-refractivity contribution < 1.29 is 18.5 Å². The van der Waals surface area contributed by atoms with Gasteiger partial charge in [-0.1, -0.05) is 70.1 Å². The molecule has 0 aliphatic rings. The third-order valence-corrected chi connectivity index (χ3v) is 7.99. The fourth-order valence-corrected chi connectivity index (χ4v) is 5.79. The summed E-state index contributed by atoms with van der Waals surface area (Å²) >= 11 is 0. The molecular formula is C25H51NO3P+. The van der Waals surface area contributed by atoms with E-state index >= 15 is 0 Å². The van der Waals surface area contributed by atoms with Crippen molar-refractivity contribution in [2.75, 3.05) is 27.7 Å². The summed E-state index contributed by atoms with van der Waals surface area (Å²) in [6, 6.07) is 0. The van der Waals surface area contributed by atoms with Crippen LogP contribution in [0.15, 0.2) is 24.8 Å². The molecule has 0 saturated heterocycles. The summed E-state index contributed by atoms with van der Waals surface area (Å²) in [6.45, 7) is 6.10. The lowest BCUT2D eigenvalue weighted by Crippen LogP contribution is -2.44. The first-order valence-electron chi connectivity index (χ1n) is 12.3. The van der Waals surface area contributed by atoms with E-state index in [0.29, 0.717) is 17.5 Å². The molecule has 0 saturated carbocycles. The van der Waals surface area contributed by atoms with Gasteiger partial charge in [-0.2, -0.15) is 0 Å². The topological polar surface area (TPSA) is 46.5 Å². The Kier molecular flexibility index (Phi) is 17.9. The Morgan fingerprint density at radius 2 is 1.27 bits per heavy atom. The molecule has 0 heterocycles. The summed E-state index contributed by atoms with van der Waals surface area (Å²) in [6.07, 6.45) is 24.5. The van der Waals surface area contributed by atoms with Crippen molar-refractivity contribution in [2.24, 2.45) is 0 Å². The van der Waals surface area contributed by atoms with Gasteiger partial charge in [-0.15, -0.1) is 6.58 Å². The van der Waals surface area contributed by atoms with Crippen LogP contribution >= 0.6 is 7.60 Å². The second-order valence-electron chi connectivity index (χ2n) is 9.42.